The van der Waals surface area contributed by atoms with E-state index in [9.17, 15) is 14.4 Å². The van der Waals surface area contributed by atoms with Gasteiger partial charge in [-0.1, -0.05) is 29.8 Å². The van der Waals surface area contributed by atoms with Crippen molar-refractivity contribution in [2.24, 2.45) is 0 Å². The largest absolute Gasteiger partial charge is 0.352 e. The zero-order valence-corrected chi connectivity index (χ0v) is 14.1. The molecule has 0 aliphatic heterocycles. The minimum Gasteiger partial charge on any atom is -0.352 e. The second-order valence-corrected chi connectivity index (χ2v) is 6.49. The van der Waals surface area contributed by atoms with E-state index in [1.54, 1.807) is 17.5 Å². The van der Waals surface area contributed by atoms with Crippen molar-refractivity contribution in [2.45, 2.75) is 19.5 Å². The van der Waals surface area contributed by atoms with Crippen LogP contribution in [0, 0.1) is 0 Å². The van der Waals surface area contributed by atoms with Crippen LogP contribution in [-0.4, -0.2) is 15.5 Å². The fraction of sp³-hybridized carbons (Fsp3) is 0.188. The number of nitrogens with zero attached hydrogens (tertiary/aromatic N) is 1. The lowest BCUT2D eigenvalue weighted by molar-refractivity contribution is -0.121. The maximum atomic E-state index is 12.3. The van der Waals surface area contributed by atoms with Gasteiger partial charge in [0.1, 0.15) is 4.70 Å². The Morgan fingerprint density at radius 1 is 1.25 bits per heavy atom. The molecule has 0 atom stereocenters. The number of nitrogens with one attached hydrogen (secondary N) is 2. The van der Waals surface area contributed by atoms with Crippen LogP contribution in [0.15, 0.2) is 45.3 Å². The van der Waals surface area contributed by atoms with Crippen molar-refractivity contribution in [1.29, 1.82) is 0 Å². The first-order valence-corrected chi connectivity index (χ1v) is 8.52. The molecule has 0 aliphatic carbocycles. The highest BCUT2D eigenvalue weighted by Gasteiger charge is 2.10. The van der Waals surface area contributed by atoms with Crippen LogP contribution >= 0.6 is 22.9 Å². The number of carbonyl (C=O) groups is 1. The summed E-state index contributed by atoms with van der Waals surface area (Å²) in [6, 6.07) is 8.90. The average Bonchev–Trinajstić information content (AvgIpc) is 3.02. The van der Waals surface area contributed by atoms with Crippen LogP contribution in [0.4, 0.5) is 0 Å². The number of hydrogen-bond acceptors (Lipinski definition) is 4. The number of benzene rings is 1. The van der Waals surface area contributed by atoms with E-state index in [2.05, 4.69) is 10.3 Å². The fourth-order valence-corrected chi connectivity index (χ4v) is 3.31. The Kier molecular flexibility index (Phi) is 4.82. The number of H-pyrrole nitrogens is 1. The molecule has 3 aromatic rings. The van der Waals surface area contributed by atoms with Gasteiger partial charge in [-0.25, -0.2) is 4.79 Å². The quantitative estimate of drug-likeness (QED) is 0.728. The normalized spacial score (nSPS) is 10.9. The second-order valence-electron chi connectivity index (χ2n) is 5.17. The summed E-state index contributed by atoms with van der Waals surface area (Å²) >= 11 is 7.29. The molecule has 0 unspecified atom stereocenters. The molecule has 0 saturated heterocycles. The van der Waals surface area contributed by atoms with Gasteiger partial charge in [-0.15, -0.1) is 11.3 Å². The van der Waals surface area contributed by atoms with Crippen LogP contribution in [-0.2, 0) is 17.9 Å². The predicted octanol–water partition coefficient (Wildman–Crippen LogP) is 2.11. The van der Waals surface area contributed by atoms with Crippen molar-refractivity contribution in [3.63, 3.8) is 0 Å². The molecule has 3 rings (SSSR count). The van der Waals surface area contributed by atoms with Crippen LogP contribution in [0.25, 0.3) is 10.2 Å². The molecule has 24 heavy (non-hydrogen) atoms. The molecule has 1 aromatic carbocycles. The highest BCUT2D eigenvalue weighted by atomic mass is 35.5. The third-order valence-electron chi connectivity index (χ3n) is 3.59. The number of carbonyl (C=O) groups excluding carboxylic acids is 1. The van der Waals surface area contributed by atoms with Crippen LogP contribution in [0.5, 0.6) is 0 Å². The summed E-state index contributed by atoms with van der Waals surface area (Å²) in [5, 5.41) is 5.05. The van der Waals surface area contributed by atoms with Crippen LogP contribution in [0.3, 0.4) is 0 Å². The minimum atomic E-state index is -0.509. The Balaban J connectivity index is 1.65. The van der Waals surface area contributed by atoms with E-state index in [0.29, 0.717) is 21.8 Å². The summed E-state index contributed by atoms with van der Waals surface area (Å²) in [6.07, 6.45) is 0.0321. The van der Waals surface area contributed by atoms with Gasteiger partial charge in [0.25, 0.3) is 5.56 Å². The van der Waals surface area contributed by atoms with E-state index < -0.39 is 5.69 Å². The van der Waals surface area contributed by atoms with Crippen molar-refractivity contribution in [3.8, 4) is 0 Å². The Morgan fingerprint density at radius 3 is 2.83 bits per heavy atom. The van der Waals surface area contributed by atoms with Gasteiger partial charge >= 0.3 is 5.69 Å². The Morgan fingerprint density at radius 2 is 2.04 bits per heavy atom. The summed E-state index contributed by atoms with van der Waals surface area (Å²) in [6.45, 7) is 0.323. The standard InChI is InChI=1S/C16H14ClN3O3S/c17-11-4-2-1-3-10(11)9-18-13(21)5-7-20-15(22)14-12(6-8-24-14)19-16(20)23/h1-4,6,8H,5,7,9H2,(H,18,21)(H,19,23). The van der Waals surface area contributed by atoms with Gasteiger partial charge < -0.3 is 10.3 Å². The molecular weight excluding hydrogens is 350 g/mol. The molecule has 8 heteroatoms. The molecule has 2 heterocycles. The van der Waals surface area contributed by atoms with Crippen molar-refractivity contribution in [2.75, 3.05) is 0 Å². The molecule has 0 aliphatic rings. The van der Waals surface area contributed by atoms with E-state index in [1.165, 1.54) is 11.3 Å². The van der Waals surface area contributed by atoms with E-state index in [4.69, 9.17) is 11.6 Å². The molecule has 0 radical (unpaired) electrons. The third kappa shape index (κ3) is 3.42. The van der Waals surface area contributed by atoms with E-state index >= 15 is 0 Å². The number of amides is 1. The van der Waals surface area contributed by atoms with Crippen molar-refractivity contribution in [1.82, 2.24) is 14.9 Å². The Labute approximate surface area is 145 Å². The number of aromatic nitrogens is 2. The number of thiophene rings is 1. The zero-order chi connectivity index (χ0) is 17.1. The number of halogens is 1. The molecule has 0 bridgehead atoms. The molecule has 2 aromatic heterocycles. The molecule has 0 fully saturated rings. The predicted molar refractivity (Wildman–Crippen MR) is 94.6 cm³/mol. The molecular formula is C16H14ClN3O3S. The van der Waals surface area contributed by atoms with Gasteiger partial charge in [0, 0.05) is 24.5 Å². The minimum absolute atomic E-state index is 0.0242. The average molecular weight is 364 g/mol. The van der Waals surface area contributed by atoms with Gasteiger partial charge in [0.05, 0.1) is 5.52 Å². The Bertz CT molecular complexity index is 1010. The highest BCUT2D eigenvalue weighted by Crippen LogP contribution is 2.14. The van der Waals surface area contributed by atoms with Crippen molar-refractivity contribution in [3.05, 3.63) is 67.1 Å². The lowest BCUT2D eigenvalue weighted by Crippen LogP contribution is -2.36. The molecule has 1 amide bonds. The monoisotopic (exact) mass is 363 g/mol. The second kappa shape index (κ2) is 7.02. The number of fused-ring (bicyclic) bond motifs is 1. The highest BCUT2D eigenvalue weighted by molar-refractivity contribution is 7.17. The molecule has 124 valence electrons. The van der Waals surface area contributed by atoms with Crippen molar-refractivity contribution >= 4 is 39.1 Å². The summed E-state index contributed by atoms with van der Waals surface area (Å²) < 4.78 is 1.53. The lowest BCUT2D eigenvalue weighted by Gasteiger charge is -2.08. The van der Waals surface area contributed by atoms with Crippen LogP contribution in [0.1, 0.15) is 12.0 Å². The first-order chi connectivity index (χ1) is 11.6. The molecule has 0 spiro atoms. The van der Waals surface area contributed by atoms with Gasteiger partial charge in [0.15, 0.2) is 0 Å². The zero-order valence-electron chi connectivity index (χ0n) is 12.5. The Hall–Kier alpha value is -2.38. The maximum absolute atomic E-state index is 12.3. The first kappa shape index (κ1) is 16.5. The van der Waals surface area contributed by atoms with Crippen LogP contribution in [0.2, 0.25) is 5.02 Å². The van der Waals surface area contributed by atoms with Gasteiger partial charge in [-0.3, -0.25) is 14.2 Å². The van der Waals surface area contributed by atoms with Crippen LogP contribution < -0.4 is 16.6 Å². The summed E-state index contributed by atoms with van der Waals surface area (Å²) in [7, 11) is 0. The smallest absolute Gasteiger partial charge is 0.328 e. The molecule has 6 nitrogen and oxygen atoms in total. The van der Waals surface area contributed by atoms with Gasteiger partial charge in [0.2, 0.25) is 5.91 Å². The number of rotatable bonds is 5. The summed E-state index contributed by atoms with van der Waals surface area (Å²) in [4.78, 5) is 38.8. The molecule has 2 N–H and O–H groups in total. The van der Waals surface area contributed by atoms with Gasteiger partial charge in [-0.05, 0) is 23.1 Å². The van der Waals surface area contributed by atoms with Gasteiger partial charge in [-0.2, -0.15) is 0 Å². The first-order valence-electron chi connectivity index (χ1n) is 7.26. The molecule has 0 saturated carbocycles. The van der Waals surface area contributed by atoms with E-state index in [1.807, 2.05) is 18.2 Å². The van der Waals surface area contributed by atoms with E-state index in [-0.39, 0.29) is 24.4 Å². The summed E-state index contributed by atoms with van der Waals surface area (Å²) in [5.74, 6) is -0.257. The lowest BCUT2D eigenvalue weighted by atomic mass is 10.2. The number of aromatic amines is 1. The SMILES string of the molecule is O=C(CCn1c(=O)[nH]c2ccsc2c1=O)NCc1ccccc1Cl. The van der Waals surface area contributed by atoms with E-state index in [0.717, 1.165) is 10.1 Å². The maximum Gasteiger partial charge on any atom is 0.328 e. The fourth-order valence-electron chi connectivity index (χ4n) is 2.31. The topological polar surface area (TPSA) is 84.0 Å². The third-order valence-corrected chi connectivity index (χ3v) is 4.86. The van der Waals surface area contributed by atoms with Crippen molar-refractivity contribution < 1.29 is 4.79 Å². The number of hydrogen-bond donors (Lipinski definition) is 2. The summed E-state index contributed by atoms with van der Waals surface area (Å²) in [5.41, 5.74) is 0.449.